The van der Waals surface area contributed by atoms with Crippen molar-refractivity contribution in [1.82, 2.24) is 14.7 Å². The van der Waals surface area contributed by atoms with Gasteiger partial charge < -0.3 is 14.7 Å². The number of benzene rings is 2. The second-order valence-electron chi connectivity index (χ2n) is 11.8. The molecule has 3 aliphatic heterocycles. The van der Waals surface area contributed by atoms with Gasteiger partial charge in [-0.25, -0.2) is 0 Å². The maximum Gasteiger partial charge on any atom is 0.246 e. The van der Waals surface area contributed by atoms with Crippen molar-refractivity contribution in [2.45, 2.75) is 62.4 Å². The molecule has 6 rings (SSSR count). The van der Waals surface area contributed by atoms with E-state index < -0.39 is 6.04 Å². The lowest BCUT2D eigenvalue weighted by Crippen LogP contribution is -2.50. The van der Waals surface area contributed by atoms with E-state index in [-0.39, 0.29) is 11.8 Å². The molecule has 1 unspecified atom stereocenters. The normalized spacial score (nSPS) is 24.6. The quantitative estimate of drug-likeness (QED) is 0.631. The van der Waals surface area contributed by atoms with E-state index in [1.54, 1.807) is 5.56 Å². The summed E-state index contributed by atoms with van der Waals surface area (Å²) in [6, 6.07) is 17.0. The van der Waals surface area contributed by atoms with Crippen LogP contribution in [0.5, 0.6) is 0 Å². The summed E-state index contributed by atoms with van der Waals surface area (Å²) in [5, 5.41) is 0. The first-order valence-corrected chi connectivity index (χ1v) is 14.1. The van der Waals surface area contributed by atoms with Gasteiger partial charge in [0, 0.05) is 44.2 Å². The van der Waals surface area contributed by atoms with Crippen LogP contribution in [-0.2, 0) is 27.8 Å². The zero-order valence-electron chi connectivity index (χ0n) is 22.4. The number of para-hydroxylation sites is 1. The molecule has 0 aromatic heterocycles. The van der Waals surface area contributed by atoms with Crippen LogP contribution < -0.4 is 4.90 Å². The average Bonchev–Trinajstić information content (AvgIpc) is 3.65. The monoisotopic (exact) mass is 500 g/mol. The fourth-order valence-corrected chi connectivity index (χ4v) is 7.33. The number of anilines is 1. The van der Waals surface area contributed by atoms with Gasteiger partial charge in [0.2, 0.25) is 11.8 Å². The molecule has 2 fully saturated rings. The molecule has 3 heterocycles. The molecule has 0 radical (unpaired) electrons. The van der Waals surface area contributed by atoms with Crippen LogP contribution in [-0.4, -0.2) is 85.4 Å². The van der Waals surface area contributed by atoms with Crippen LogP contribution in [0.4, 0.5) is 5.69 Å². The number of fused-ring (bicyclic) bond motifs is 3. The Morgan fingerprint density at radius 3 is 2.43 bits per heavy atom. The minimum Gasteiger partial charge on any atom is -0.339 e. The van der Waals surface area contributed by atoms with E-state index in [0.717, 1.165) is 50.4 Å². The summed E-state index contributed by atoms with van der Waals surface area (Å²) >= 11 is 0. The van der Waals surface area contributed by atoms with Crippen LogP contribution in [0.25, 0.3) is 0 Å². The number of likely N-dealkylation sites (tertiary alicyclic amines) is 2. The summed E-state index contributed by atoms with van der Waals surface area (Å²) in [5.41, 5.74) is 5.47. The van der Waals surface area contributed by atoms with Gasteiger partial charge in [-0.3, -0.25) is 14.5 Å². The van der Waals surface area contributed by atoms with Gasteiger partial charge in [-0.15, -0.1) is 0 Å². The SMILES string of the molecule is CN(C)C1CCN(C(=O)[C@@H]2Cc3ccccc3N2C(=O)CCN2CCC3(CCc4ccccc43)CC2)C1. The lowest BCUT2D eigenvalue weighted by Gasteiger charge is -2.40. The van der Waals surface area contributed by atoms with Crippen molar-refractivity contribution in [1.29, 1.82) is 0 Å². The highest BCUT2D eigenvalue weighted by atomic mass is 16.2. The highest BCUT2D eigenvalue weighted by Gasteiger charge is 2.43. The van der Waals surface area contributed by atoms with Crippen molar-refractivity contribution < 1.29 is 9.59 Å². The maximum absolute atomic E-state index is 13.7. The number of nitrogens with zero attached hydrogens (tertiary/aromatic N) is 4. The van der Waals surface area contributed by atoms with Gasteiger partial charge in [0.15, 0.2) is 0 Å². The summed E-state index contributed by atoms with van der Waals surface area (Å²) < 4.78 is 0. The standard InChI is InChI=1S/C31H40N4O2/c1-32(2)25-12-18-34(22-25)30(37)28-21-24-8-4-6-10-27(24)35(28)29(36)13-17-33-19-15-31(16-20-33)14-11-23-7-3-5-9-26(23)31/h3-10,25,28H,11-22H2,1-2H3/t25?,28-/m0/s1. The fourth-order valence-electron chi connectivity index (χ4n) is 7.33. The highest BCUT2D eigenvalue weighted by molar-refractivity contribution is 6.03. The predicted molar refractivity (Wildman–Crippen MR) is 147 cm³/mol. The zero-order chi connectivity index (χ0) is 25.6. The van der Waals surface area contributed by atoms with Crippen LogP contribution >= 0.6 is 0 Å². The largest absolute Gasteiger partial charge is 0.339 e. The minimum absolute atomic E-state index is 0.0816. The van der Waals surface area contributed by atoms with Gasteiger partial charge >= 0.3 is 0 Å². The number of carbonyl (C=O) groups is 2. The molecular formula is C31H40N4O2. The van der Waals surface area contributed by atoms with Crippen LogP contribution in [0, 0.1) is 0 Å². The van der Waals surface area contributed by atoms with Gasteiger partial charge in [0.25, 0.3) is 0 Å². The van der Waals surface area contributed by atoms with Gasteiger partial charge in [-0.05, 0) is 87.5 Å². The molecule has 37 heavy (non-hydrogen) atoms. The summed E-state index contributed by atoms with van der Waals surface area (Å²) in [7, 11) is 4.15. The third kappa shape index (κ3) is 4.48. The van der Waals surface area contributed by atoms with E-state index >= 15 is 0 Å². The van der Waals surface area contributed by atoms with Crippen LogP contribution in [0.2, 0.25) is 0 Å². The van der Waals surface area contributed by atoms with E-state index in [2.05, 4.69) is 54.2 Å². The molecule has 0 saturated carbocycles. The van der Waals surface area contributed by atoms with Gasteiger partial charge in [0.05, 0.1) is 0 Å². The lowest BCUT2D eigenvalue weighted by molar-refractivity contribution is -0.133. The molecule has 2 aromatic carbocycles. The van der Waals surface area contributed by atoms with Crippen molar-refractivity contribution in [2.24, 2.45) is 0 Å². The van der Waals surface area contributed by atoms with Crippen molar-refractivity contribution in [2.75, 3.05) is 51.7 Å². The third-order valence-corrected chi connectivity index (χ3v) is 9.65. The molecule has 0 bridgehead atoms. The molecule has 2 aromatic rings. The number of rotatable bonds is 5. The summed E-state index contributed by atoms with van der Waals surface area (Å²) in [6.45, 7) is 4.37. The van der Waals surface area contributed by atoms with E-state index in [1.807, 2.05) is 28.0 Å². The van der Waals surface area contributed by atoms with Crippen molar-refractivity contribution >= 4 is 17.5 Å². The highest BCUT2D eigenvalue weighted by Crippen LogP contribution is 2.46. The molecule has 1 aliphatic carbocycles. The van der Waals surface area contributed by atoms with E-state index in [9.17, 15) is 9.59 Å². The second kappa shape index (κ2) is 9.88. The molecule has 196 valence electrons. The molecule has 6 heteroatoms. The summed E-state index contributed by atoms with van der Waals surface area (Å²) in [5.74, 6) is 0.187. The number of aryl methyl sites for hydroxylation is 1. The Morgan fingerprint density at radius 1 is 0.946 bits per heavy atom. The zero-order valence-corrected chi connectivity index (χ0v) is 22.4. The average molecular weight is 501 g/mol. The van der Waals surface area contributed by atoms with E-state index in [4.69, 9.17) is 0 Å². The van der Waals surface area contributed by atoms with Crippen molar-refractivity contribution in [3.05, 3.63) is 65.2 Å². The number of hydrogen-bond donors (Lipinski definition) is 0. The minimum atomic E-state index is -0.412. The van der Waals surface area contributed by atoms with Crippen molar-refractivity contribution in [3.8, 4) is 0 Å². The van der Waals surface area contributed by atoms with Crippen LogP contribution in [0.15, 0.2) is 48.5 Å². The van der Waals surface area contributed by atoms with Gasteiger partial charge in [-0.2, -0.15) is 0 Å². The lowest BCUT2D eigenvalue weighted by atomic mass is 9.74. The van der Waals surface area contributed by atoms with Gasteiger partial charge in [-0.1, -0.05) is 42.5 Å². The Kier molecular flexibility index (Phi) is 6.58. The Labute approximate surface area is 221 Å². The Morgan fingerprint density at radius 2 is 1.68 bits per heavy atom. The Hall–Kier alpha value is -2.70. The summed E-state index contributed by atoms with van der Waals surface area (Å²) in [4.78, 5) is 35.8. The third-order valence-electron chi connectivity index (χ3n) is 9.65. The molecule has 2 atom stereocenters. The van der Waals surface area contributed by atoms with Crippen LogP contribution in [0.3, 0.4) is 0 Å². The molecule has 6 nitrogen and oxygen atoms in total. The molecule has 4 aliphatic rings. The first-order chi connectivity index (χ1) is 17.9. The van der Waals surface area contributed by atoms with E-state index in [1.165, 1.54) is 31.2 Å². The molecule has 2 saturated heterocycles. The molecule has 0 N–H and O–H groups in total. The number of carbonyl (C=O) groups excluding carboxylic acids is 2. The summed E-state index contributed by atoms with van der Waals surface area (Å²) in [6.07, 6.45) is 6.88. The number of likely N-dealkylation sites (N-methyl/N-ethyl adjacent to an activating group) is 1. The first kappa shape index (κ1) is 24.6. The fraction of sp³-hybridized carbons (Fsp3) is 0.548. The first-order valence-electron chi connectivity index (χ1n) is 14.1. The number of hydrogen-bond acceptors (Lipinski definition) is 4. The Balaban J connectivity index is 1.10. The molecule has 1 spiro atoms. The number of piperidine rings is 1. The Bertz CT molecular complexity index is 1170. The molecular weight excluding hydrogens is 460 g/mol. The van der Waals surface area contributed by atoms with Gasteiger partial charge in [0.1, 0.15) is 6.04 Å². The van der Waals surface area contributed by atoms with Crippen molar-refractivity contribution in [3.63, 3.8) is 0 Å². The van der Waals surface area contributed by atoms with E-state index in [0.29, 0.717) is 24.3 Å². The second-order valence-corrected chi connectivity index (χ2v) is 11.8. The van der Waals surface area contributed by atoms with Crippen LogP contribution in [0.1, 0.15) is 48.8 Å². The predicted octanol–water partition coefficient (Wildman–Crippen LogP) is 3.48. The molecule has 2 amide bonds. The number of amides is 2. The topological polar surface area (TPSA) is 47.1 Å². The maximum atomic E-state index is 13.7. The smallest absolute Gasteiger partial charge is 0.246 e.